The fraction of sp³-hybridized carbons (Fsp3) is 0.250. The first-order chi connectivity index (χ1) is 9.74. The van der Waals surface area contributed by atoms with E-state index >= 15 is 0 Å². The molecule has 0 saturated carbocycles. The van der Waals surface area contributed by atoms with Gasteiger partial charge >= 0.3 is 0 Å². The van der Waals surface area contributed by atoms with Gasteiger partial charge in [0.1, 0.15) is 5.75 Å². The fourth-order valence-electron chi connectivity index (χ4n) is 2.91. The van der Waals surface area contributed by atoms with Crippen molar-refractivity contribution >= 4 is 11.6 Å². The summed E-state index contributed by atoms with van der Waals surface area (Å²) >= 11 is 6.08. The van der Waals surface area contributed by atoms with Gasteiger partial charge in [-0.15, -0.1) is 0 Å². The Labute approximate surface area is 123 Å². The summed E-state index contributed by atoms with van der Waals surface area (Å²) in [5, 5.41) is 0.612. The Balaban J connectivity index is 1.92. The first-order valence-corrected chi connectivity index (χ1v) is 6.99. The lowest BCUT2D eigenvalue weighted by Crippen LogP contribution is -2.37. The third-order valence-electron chi connectivity index (χ3n) is 4.01. The third kappa shape index (κ3) is 2.18. The van der Waals surface area contributed by atoms with Crippen LogP contribution in [0.1, 0.15) is 28.7 Å². The van der Waals surface area contributed by atoms with Crippen molar-refractivity contribution in [1.29, 1.82) is 0 Å². The number of hydrogen-bond donors (Lipinski definition) is 2. The van der Waals surface area contributed by atoms with Crippen LogP contribution in [0.3, 0.4) is 0 Å². The molecule has 0 saturated heterocycles. The zero-order valence-corrected chi connectivity index (χ0v) is 12.0. The normalized spacial score (nSPS) is 18.1. The largest absolute Gasteiger partial charge is 0.495 e. The molecule has 2 unspecified atom stereocenters. The van der Waals surface area contributed by atoms with Crippen molar-refractivity contribution in [3.8, 4) is 5.75 Å². The zero-order valence-electron chi connectivity index (χ0n) is 11.3. The molecular weight excluding hydrogens is 272 g/mol. The molecule has 0 fully saturated rings. The van der Waals surface area contributed by atoms with Crippen molar-refractivity contribution in [2.45, 2.75) is 18.4 Å². The molecule has 104 valence electrons. The van der Waals surface area contributed by atoms with E-state index in [1.54, 1.807) is 7.11 Å². The molecule has 3 rings (SSSR count). The van der Waals surface area contributed by atoms with Crippen LogP contribution in [0.4, 0.5) is 0 Å². The number of hydrazine groups is 1. The van der Waals surface area contributed by atoms with E-state index in [1.165, 1.54) is 11.1 Å². The second kappa shape index (κ2) is 5.44. The summed E-state index contributed by atoms with van der Waals surface area (Å²) in [5.41, 5.74) is 6.79. The van der Waals surface area contributed by atoms with E-state index in [0.29, 0.717) is 16.7 Å². The molecule has 3 nitrogen and oxygen atoms in total. The molecule has 0 heterocycles. The molecule has 0 aliphatic heterocycles. The first kappa shape index (κ1) is 13.4. The number of rotatable bonds is 4. The molecule has 0 aromatic heterocycles. The summed E-state index contributed by atoms with van der Waals surface area (Å²) in [6, 6.07) is 14.3. The number of fused-ring (bicyclic) bond motifs is 1. The highest BCUT2D eigenvalue weighted by molar-refractivity contribution is 6.32. The van der Waals surface area contributed by atoms with Gasteiger partial charge in [0.15, 0.2) is 0 Å². The number of nitrogens with two attached hydrogens (primary N) is 1. The fourth-order valence-corrected chi connectivity index (χ4v) is 3.10. The SMILES string of the molecule is COc1cc(C(NN)C2Cc3ccccc32)ccc1Cl. The maximum Gasteiger partial charge on any atom is 0.137 e. The molecule has 0 bridgehead atoms. The standard InChI is InChI=1S/C16H17ClN2O/c1-20-15-9-11(6-7-14(15)17)16(19-18)13-8-10-4-2-3-5-12(10)13/h2-7,9,13,16,19H,8,18H2,1H3. The first-order valence-electron chi connectivity index (χ1n) is 6.62. The highest BCUT2D eigenvalue weighted by Crippen LogP contribution is 2.44. The predicted molar refractivity (Wildman–Crippen MR) is 81.0 cm³/mol. The number of halogens is 1. The molecule has 0 spiro atoms. The Morgan fingerprint density at radius 2 is 2.10 bits per heavy atom. The smallest absolute Gasteiger partial charge is 0.137 e. The maximum atomic E-state index is 6.08. The number of nitrogens with one attached hydrogen (secondary N) is 1. The Hall–Kier alpha value is -1.55. The van der Waals surface area contributed by atoms with Crippen molar-refractivity contribution in [3.63, 3.8) is 0 Å². The minimum absolute atomic E-state index is 0.0658. The van der Waals surface area contributed by atoms with Crippen LogP contribution in [0.5, 0.6) is 5.75 Å². The van der Waals surface area contributed by atoms with Crippen molar-refractivity contribution < 1.29 is 4.74 Å². The summed E-state index contributed by atoms with van der Waals surface area (Å²) in [4.78, 5) is 0. The number of hydrogen-bond acceptors (Lipinski definition) is 3. The van der Waals surface area contributed by atoms with E-state index in [0.717, 1.165) is 12.0 Å². The minimum Gasteiger partial charge on any atom is -0.495 e. The highest BCUT2D eigenvalue weighted by atomic mass is 35.5. The van der Waals surface area contributed by atoms with Gasteiger partial charge in [-0.05, 0) is 35.2 Å². The van der Waals surface area contributed by atoms with Crippen LogP contribution in [0.2, 0.25) is 5.02 Å². The van der Waals surface area contributed by atoms with Crippen LogP contribution >= 0.6 is 11.6 Å². The Bertz CT molecular complexity index is 630. The Morgan fingerprint density at radius 1 is 1.30 bits per heavy atom. The van der Waals surface area contributed by atoms with Crippen molar-refractivity contribution in [1.82, 2.24) is 5.43 Å². The van der Waals surface area contributed by atoms with Gasteiger partial charge in [0.25, 0.3) is 0 Å². The van der Waals surface area contributed by atoms with Gasteiger partial charge in [0, 0.05) is 5.92 Å². The second-order valence-electron chi connectivity index (χ2n) is 5.05. The van der Waals surface area contributed by atoms with Gasteiger partial charge in [0.2, 0.25) is 0 Å². The molecule has 3 N–H and O–H groups in total. The summed E-state index contributed by atoms with van der Waals surface area (Å²) in [6.45, 7) is 0. The van der Waals surface area contributed by atoms with Crippen molar-refractivity contribution in [2.24, 2.45) is 5.84 Å². The maximum absolute atomic E-state index is 6.08. The van der Waals surface area contributed by atoms with Gasteiger partial charge in [0.05, 0.1) is 18.2 Å². The van der Waals surface area contributed by atoms with Crippen LogP contribution in [-0.2, 0) is 6.42 Å². The van der Waals surface area contributed by atoms with E-state index in [-0.39, 0.29) is 6.04 Å². The predicted octanol–water partition coefficient (Wildman–Crippen LogP) is 3.19. The lowest BCUT2D eigenvalue weighted by atomic mass is 9.72. The quantitative estimate of drug-likeness (QED) is 0.671. The molecule has 2 atom stereocenters. The molecular formula is C16H17ClN2O. The molecule has 4 heteroatoms. The van der Waals surface area contributed by atoms with E-state index in [9.17, 15) is 0 Å². The summed E-state index contributed by atoms with van der Waals surface area (Å²) in [6.07, 6.45) is 1.04. The lowest BCUT2D eigenvalue weighted by molar-refractivity contribution is 0.403. The number of ether oxygens (including phenoxy) is 1. The zero-order chi connectivity index (χ0) is 14.1. The van der Waals surface area contributed by atoms with Crippen LogP contribution in [0.15, 0.2) is 42.5 Å². The topological polar surface area (TPSA) is 47.3 Å². The van der Waals surface area contributed by atoms with Gasteiger partial charge in [-0.25, -0.2) is 0 Å². The Morgan fingerprint density at radius 3 is 2.80 bits per heavy atom. The average molecular weight is 289 g/mol. The van der Waals surface area contributed by atoms with E-state index < -0.39 is 0 Å². The molecule has 1 aliphatic carbocycles. The molecule has 0 amide bonds. The van der Waals surface area contributed by atoms with Crippen molar-refractivity contribution in [2.75, 3.05) is 7.11 Å². The van der Waals surface area contributed by atoms with Crippen LogP contribution in [0, 0.1) is 0 Å². The van der Waals surface area contributed by atoms with Crippen LogP contribution in [0.25, 0.3) is 0 Å². The molecule has 1 aliphatic rings. The monoisotopic (exact) mass is 288 g/mol. The van der Waals surface area contributed by atoms with E-state index in [1.807, 2.05) is 18.2 Å². The van der Waals surface area contributed by atoms with Gasteiger partial charge < -0.3 is 4.74 Å². The van der Waals surface area contributed by atoms with Gasteiger partial charge in [-0.2, -0.15) is 0 Å². The van der Waals surface area contributed by atoms with Crippen LogP contribution in [-0.4, -0.2) is 7.11 Å². The summed E-state index contributed by atoms with van der Waals surface area (Å²) in [5.74, 6) is 6.85. The molecule has 2 aromatic rings. The average Bonchev–Trinajstić information content (AvgIpc) is 2.46. The number of methoxy groups -OCH3 is 1. The Kier molecular flexibility index (Phi) is 3.66. The van der Waals surface area contributed by atoms with Gasteiger partial charge in [-0.1, -0.05) is 41.9 Å². The third-order valence-corrected chi connectivity index (χ3v) is 4.32. The molecule has 2 aromatic carbocycles. The minimum atomic E-state index is 0.0658. The molecule has 0 radical (unpaired) electrons. The summed E-state index contributed by atoms with van der Waals surface area (Å²) in [7, 11) is 1.62. The van der Waals surface area contributed by atoms with Crippen molar-refractivity contribution in [3.05, 3.63) is 64.2 Å². The molecule has 20 heavy (non-hydrogen) atoms. The summed E-state index contributed by atoms with van der Waals surface area (Å²) < 4.78 is 5.28. The number of benzene rings is 2. The van der Waals surface area contributed by atoms with E-state index in [2.05, 4.69) is 29.7 Å². The van der Waals surface area contributed by atoms with Gasteiger partial charge in [-0.3, -0.25) is 11.3 Å². The van der Waals surface area contributed by atoms with Crippen LogP contribution < -0.4 is 16.0 Å². The van der Waals surface area contributed by atoms with E-state index in [4.69, 9.17) is 22.2 Å². The second-order valence-corrected chi connectivity index (χ2v) is 5.45. The highest BCUT2D eigenvalue weighted by Gasteiger charge is 2.33. The lowest BCUT2D eigenvalue weighted by Gasteiger charge is -2.36.